The van der Waals surface area contributed by atoms with E-state index in [4.69, 9.17) is 0 Å². The van der Waals surface area contributed by atoms with Crippen molar-refractivity contribution in [3.05, 3.63) is 6.92 Å². The summed E-state index contributed by atoms with van der Waals surface area (Å²) in [5.74, 6) is 0. The molecule has 0 aromatic rings. The monoisotopic (exact) mass is 375 g/mol. The van der Waals surface area contributed by atoms with E-state index in [2.05, 4.69) is 13.8 Å². The molecule has 0 rings (SSSR count). The van der Waals surface area contributed by atoms with Gasteiger partial charge in [-0.15, -0.1) is 0 Å². The molecule has 0 saturated carbocycles. The van der Waals surface area contributed by atoms with E-state index >= 15 is 0 Å². The molecule has 0 aromatic heterocycles. The standard InChI is InChI=1S/C10H21.Hf.3H2O/c1-3-5-7-9-10-8-6-4-2;;;;/h1,3-10H2,2H3;;3*1H2/q-1;;;;. The molecule has 14 heavy (non-hydrogen) atoms. The van der Waals surface area contributed by atoms with E-state index in [1.165, 1.54) is 44.9 Å². The van der Waals surface area contributed by atoms with Crippen molar-refractivity contribution in [3.8, 4) is 0 Å². The van der Waals surface area contributed by atoms with Crippen molar-refractivity contribution in [2.24, 2.45) is 0 Å². The molecule has 0 aromatic carbocycles. The summed E-state index contributed by atoms with van der Waals surface area (Å²) in [4.78, 5) is 0. The van der Waals surface area contributed by atoms with Crippen molar-refractivity contribution >= 4 is 0 Å². The molecular weight excluding hydrogens is 347 g/mol. The van der Waals surface area contributed by atoms with Crippen molar-refractivity contribution in [2.45, 2.75) is 58.3 Å². The number of unbranched alkanes of at least 4 members (excludes halogenated alkanes) is 7. The fraction of sp³-hybridized carbons (Fsp3) is 0.900. The molecule has 0 fully saturated rings. The predicted molar refractivity (Wildman–Crippen MR) is 58.8 cm³/mol. The van der Waals surface area contributed by atoms with Crippen LogP contribution in [-0.4, -0.2) is 16.4 Å². The summed E-state index contributed by atoms with van der Waals surface area (Å²) < 4.78 is 0. The van der Waals surface area contributed by atoms with Gasteiger partial charge in [0.2, 0.25) is 0 Å². The summed E-state index contributed by atoms with van der Waals surface area (Å²) in [5, 5.41) is 0. The maximum absolute atomic E-state index is 3.82. The topological polar surface area (TPSA) is 94.5 Å². The number of rotatable bonds is 7. The largest absolute Gasteiger partial charge is 0.412 e. The van der Waals surface area contributed by atoms with Crippen LogP contribution in [0.25, 0.3) is 0 Å². The van der Waals surface area contributed by atoms with Crippen LogP contribution in [0.5, 0.6) is 0 Å². The van der Waals surface area contributed by atoms with E-state index in [0.29, 0.717) is 0 Å². The maximum Gasteiger partial charge on any atom is 0 e. The first-order chi connectivity index (χ1) is 4.91. The van der Waals surface area contributed by atoms with E-state index in [1.54, 1.807) is 0 Å². The fourth-order valence-electron chi connectivity index (χ4n) is 1.13. The Bertz CT molecular complexity index is 55.3. The quantitative estimate of drug-likeness (QED) is 0.367. The van der Waals surface area contributed by atoms with Gasteiger partial charge in [-0.1, -0.05) is 51.9 Å². The molecule has 90 valence electrons. The third-order valence-electron chi connectivity index (χ3n) is 1.85. The number of hydrogen-bond acceptors (Lipinski definition) is 0. The fourth-order valence-corrected chi connectivity index (χ4v) is 1.13. The van der Waals surface area contributed by atoms with Gasteiger partial charge in [-0.25, -0.2) is 0 Å². The summed E-state index contributed by atoms with van der Waals surface area (Å²) in [6.45, 7) is 6.08. The zero-order valence-electron chi connectivity index (χ0n) is 9.36. The Morgan fingerprint density at radius 1 is 0.714 bits per heavy atom. The molecule has 0 amide bonds. The zero-order chi connectivity index (χ0) is 7.66. The van der Waals surface area contributed by atoms with Crippen LogP contribution < -0.4 is 0 Å². The van der Waals surface area contributed by atoms with Gasteiger partial charge in [0.1, 0.15) is 0 Å². The molecule has 0 atom stereocenters. The maximum atomic E-state index is 3.82. The Morgan fingerprint density at radius 2 is 1.07 bits per heavy atom. The van der Waals surface area contributed by atoms with Crippen molar-refractivity contribution in [3.63, 3.8) is 0 Å². The molecule has 0 saturated heterocycles. The normalized spacial score (nSPS) is 7.29. The van der Waals surface area contributed by atoms with Crippen LogP contribution in [0.1, 0.15) is 58.3 Å². The van der Waals surface area contributed by atoms with Crippen LogP contribution in [0.3, 0.4) is 0 Å². The van der Waals surface area contributed by atoms with Crippen molar-refractivity contribution < 1.29 is 42.3 Å². The van der Waals surface area contributed by atoms with Crippen molar-refractivity contribution in [1.29, 1.82) is 0 Å². The second kappa shape index (κ2) is 29.2. The Balaban J connectivity index is -0.0000000675. The molecule has 0 aliphatic heterocycles. The van der Waals surface area contributed by atoms with E-state index in [0.717, 1.165) is 6.42 Å². The van der Waals surface area contributed by atoms with Gasteiger partial charge in [-0.05, 0) is 0 Å². The van der Waals surface area contributed by atoms with Crippen LogP contribution in [0.15, 0.2) is 0 Å². The molecule has 4 heteroatoms. The zero-order valence-corrected chi connectivity index (χ0v) is 13.0. The van der Waals surface area contributed by atoms with Gasteiger partial charge in [-0.2, -0.15) is 6.42 Å². The van der Waals surface area contributed by atoms with E-state index in [9.17, 15) is 0 Å². The van der Waals surface area contributed by atoms with Crippen LogP contribution in [0.2, 0.25) is 0 Å². The second-order valence-electron chi connectivity index (χ2n) is 2.97. The van der Waals surface area contributed by atoms with Crippen LogP contribution >= 0.6 is 0 Å². The summed E-state index contributed by atoms with van der Waals surface area (Å²) in [7, 11) is 0. The van der Waals surface area contributed by atoms with Gasteiger partial charge in [0.25, 0.3) is 0 Å². The Morgan fingerprint density at radius 3 is 1.43 bits per heavy atom. The summed E-state index contributed by atoms with van der Waals surface area (Å²) in [5.41, 5.74) is 0. The van der Waals surface area contributed by atoms with E-state index in [1.807, 2.05) is 0 Å². The molecule has 0 radical (unpaired) electrons. The molecule has 0 bridgehead atoms. The minimum absolute atomic E-state index is 0. The third-order valence-corrected chi connectivity index (χ3v) is 1.85. The predicted octanol–water partition coefficient (Wildman–Crippen LogP) is 1.48. The minimum atomic E-state index is 0. The number of hydrogen-bond donors (Lipinski definition) is 0. The van der Waals surface area contributed by atoms with Crippen molar-refractivity contribution in [2.75, 3.05) is 0 Å². The van der Waals surface area contributed by atoms with Crippen molar-refractivity contribution in [1.82, 2.24) is 0 Å². The first-order valence-corrected chi connectivity index (χ1v) is 4.71. The smallest absolute Gasteiger partial charge is 0 e. The van der Waals surface area contributed by atoms with Crippen LogP contribution in [-0.2, 0) is 25.8 Å². The van der Waals surface area contributed by atoms with Gasteiger partial charge < -0.3 is 23.4 Å². The third kappa shape index (κ3) is 29.3. The van der Waals surface area contributed by atoms with Gasteiger partial charge in [0, 0.05) is 25.8 Å². The molecule has 0 spiro atoms. The molecule has 0 aliphatic carbocycles. The van der Waals surface area contributed by atoms with Crippen LogP contribution in [0.4, 0.5) is 0 Å². The van der Waals surface area contributed by atoms with E-state index in [-0.39, 0.29) is 42.3 Å². The first-order valence-electron chi connectivity index (χ1n) is 4.71. The average Bonchev–Trinajstić information content (AvgIpc) is 1.97. The molecule has 6 N–H and O–H groups in total. The summed E-state index contributed by atoms with van der Waals surface area (Å²) in [6.07, 6.45) is 10.9. The van der Waals surface area contributed by atoms with Gasteiger partial charge in [0.15, 0.2) is 0 Å². The molecule has 0 aliphatic rings. The average molecular weight is 374 g/mol. The summed E-state index contributed by atoms with van der Waals surface area (Å²) >= 11 is 0. The van der Waals surface area contributed by atoms with Gasteiger partial charge in [-0.3, -0.25) is 0 Å². The minimum Gasteiger partial charge on any atom is -0.412 e. The van der Waals surface area contributed by atoms with Gasteiger partial charge in [0.05, 0.1) is 0 Å². The van der Waals surface area contributed by atoms with Crippen LogP contribution in [0, 0.1) is 6.92 Å². The van der Waals surface area contributed by atoms with Gasteiger partial charge >= 0.3 is 0 Å². The molecule has 3 nitrogen and oxygen atoms in total. The molecule has 0 heterocycles. The Kier molecular flexibility index (Phi) is 61.2. The Hall–Kier alpha value is 0.750. The second-order valence-corrected chi connectivity index (χ2v) is 2.97. The first kappa shape index (κ1) is 29.3. The SMILES string of the molecule is O.O.O.[CH2-]CCCCCCCCC.[Hf]. The molecule has 0 unspecified atom stereocenters. The van der Waals surface area contributed by atoms with E-state index < -0.39 is 0 Å². The molecular formula is C10H27HfO3-. The summed E-state index contributed by atoms with van der Waals surface area (Å²) in [6, 6.07) is 0. The Labute approximate surface area is 107 Å².